The molecule has 3 aromatic rings. The minimum atomic E-state index is -0.935. The number of rotatable bonds is 5. The topological polar surface area (TPSA) is 66.8 Å². The highest BCUT2D eigenvalue weighted by Gasteiger charge is 2.20. The number of ether oxygens (including phenoxy) is 1. The number of hydrogen-bond acceptors (Lipinski definition) is 3. The predicted molar refractivity (Wildman–Crippen MR) is 115 cm³/mol. The van der Waals surface area contributed by atoms with Gasteiger partial charge < -0.3 is 14.9 Å². The van der Waals surface area contributed by atoms with Gasteiger partial charge in [0.15, 0.2) is 0 Å². The number of aliphatic hydroxyl groups excluding tert-OH is 1. The first-order chi connectivity index (χ1) is 14.0. The first kappa shape index (κ1) is 20.4. The molecule has 148 valence electrons. The zero-order chi connectivity index (χ0) is 20.8. The van der Waals surface area contributed by atoms with E-state index < -0.39 is 5.97 Å². The summed E-state index contributed by atoms with van der Waals surface area (Å²) in [4.78, 5) is 9.60. The summed E-state index contributed by atoms with van der Waals surface area (Å²) < 4.78 is 5.44. The van der Waals surface area contributed by atoms with Gasteiger partial charge in [-0.3, -0.25) is 0 Å². The van der Waals surface area contributed by atoms with Crippen LogP contribution in [0.4, 0.5) is 0 Å². The van der Waals surface area contributed by atoms with E-state index in [4.69, 9.17) is 14.9 Å². The van der Waals surface area contributed by atoms with Crippen LogP contribution in [-0.2, 0) is 11.2 Å². The van der Waals surface area contributed by atoms with Crippen LogP contribution in [0.3, 0.4) is 0 Å². The van der Waals surface area contributed by atoms with Gasteiger partial charge in [-0.2, -0.15) is 0 Å². The summed E-state index contributed by atoms with van der Waals surface area (Å²) in [5, 5.41) is 16.7. The Morgan fingerprint density at radius 3 is 2.24 bits per heavy atom. The minimum Gasteiger partial charge on any atom is -0.491 e. The van der Waals surface area contributed by atoms with Crippen LogP contribution in [0.2, 0.25) is 0 Å². The number of aliphatic carboxylic acids is 1. The van der Waals surface area contributed by atoms with E-state index in [9.17, 15) is 4.79 Å². The SMILES string of the molecule is C=C(C)C(=O)O.OCCOc1ccc(-c2cccc3c2Cc2ccccc2-3)cc1. The van der Waals surface area contributed by atoms with Crippen molar-refractivity contribution in [2.24, 2.45) is 0 Å². The molecular weight excluding hydrogens is 364 g/mol. The number of fused-ring (bicyclic) bond motifs is 3. The standard InChI is InChI=1S/C21H18O2.C4H6O2/c22-12-13-23-17-10-8-15(9-11-17)18-6-3-7-20-19-5-2-1-4-16(19)14-21(18)20;1-3(2)4(5)6/h1-11,22H,12-14H2;1H2,2H3,(H,5,6). The van der Waals surface area contributed by atoms with E-state index in [-0.39, 0.29) is 12.2 Å². The Kier molecular flexibility index (Phi) is 6.47. The number of carboxylic acid groups (broad SMARTS) is 1. The van der Waals surface area contributed by atoms with Crippen molar-refractivity contribution in [2.45, 2.75) is 13.3 Å². The van der Waals surface area contributed by atoms with Crippen molar-refractivity contribution in [1.29, 1.82) is 0 Å². The highest BCUT2D eigenvalue weighted by Crippen LogP contribution is 2.41. The molecule has 29 heavy (non-hydrogen) atoms. The maximum atomic E-state index is 9.60. The number of hydrogen-bond donors (Lipinski definition) is 2. The molecule has 0 aromatic heterocycles. The fourth-order valence-electron chi connectivity index (χ4n) is 3.32. The third-order valence-corrected chi connectivity index (χ3v) is 4.74. The number of carboxylic acids is 1. The summed E-state index contributed by atoms with van der Waals surface area (Å²) in [5.74, 6) is -0.145. The Morgan fingerprint density at radius 1 is 0.966 bits per heavy atom. The average molecular weight is 388 g/mol. The molecule has 4 heteroatoms. The van der Waals surface area contributed by atoms with Gasteiger partial charge in [0.05, 0.1) is 6.61 Å². The molecule has 0 saturated carbocycles. The first-order valence-electron chi connectivity index (χ1n) is 9.44. The molecule has 2 N–H and O–H groups in total. The highest BCUT2D eigenvalue weighted by molar-refractivity contribution is 5.85. The highest BCUT2D eigenvalue weighted by atomic mass is 16.5. The van der Waals surface area contributed by atoms with E-state index in [1.165, 1.54) is 40.3 Å². The lowest BCUT2D eigenvalue weighted by Gasteiger charge is -2.10. The maximum Gasteiger partial charge on any atom is 0.330 e. The molecule has 0 aliphatic heterocycles. The molecule has 0 spiro atoms. The first-order valence-corrected chi connectivity index (χ1v) is 9.44. The molecule has 1 aliphatic carbocycles. The number of benzene rings is 3. The predicted octanol–water partition coefficient (Wildman–Crippen LogP) is 4.94. The third-order valence-electron chi connectivity index (χ3n) is 4.74. The summed E-state index contributed by atoms with van der Waals surface area (Å²) in [5.41, 5.74) is 8.16. The van der Waals surface area contributed by atoms with Crippen LogP contribution in [0.5, 0.6) is 5.75 Å². The Morgan fingerprint density at radius 2 is 1.59 bits per heavy atom. The van der Waals surface area contributed by atoms with Gasteiger partial charge in [-0.15, -0.1) is 0 Å². The number of aliphatic hydroxyl groups is 1. The van der Waals surface area contributed by atoms with Crippen LogP contribution in [0.25, 0.3) is 22.3 Å². The van der Waals surface area contributed by atoms with E-state index in [2.05, 4.69) is 61.2 Å². The van der Waals surface area contributed by atoms with Crippen molar-refractivity contribution >= 4 is 5.97 Å². The van der Waals surface area contributed by atoms with Crippen LogP contribution >= 0.6 is 0 Å². The molecule has 0 bridgehead atoms. The minimum absolute atomic E-state index is 0.0339. The van der Waals surface area contributed by atoms with Crippen molar-refractivity contribution in [3.8, 4) is 28.0 Å². The van der Waals surface area contributed by atoms with Crippen molar-refractivity contribution < 1.29 is 19.7 Å². The van der Waals surface area contributed by atoms with Gasteiger partial charge in [-0.05, 0) is 58.9 Å². The van der Waals surface area contributed by atoms with E-state index in [0.29, 0.717) is 6.61 Å². The van der Waals surface area contributed by atoms with Crippen molar-refractivity contribution in [3.63, 3.8) is 0 Å². The molecule has 0 atom stereocenters. The summed E-state index contributed by atoms with van der Waals surface area (Å²) in [6.45, 7) is 4.96. The summed E-state index contributed by atoms with van der Waals surface area (Å²) in [6.07, 6.45) is 0.991. The molecule has 4 rings (SSSR count). The van der Waals surface area contributed by atoms with Crippen molar-refractivity contribution in [1.82, 2.24) is 0 Å². The third kappa shape index (κ3) is 4.73. The van der Waals surface area contributed by atoms with Gasteiger partial charge in [0.1, 0.15) is 12.4 Å². The lowest BCUT2D eigenvalue weighted by molar-refractivity contribution is -0.132. The molecule has 0 saturated heterocycles. The van der Waals surface area contributed by atoms with Crippen molar-refractivity contribution in [2.75, 3.05) is 13.2 Å². The molecular formula is C25H24O4. The quantitative estimate of drug-likeness (QED) is 0.475. The molecule has 3 aromatic carbocycles. The molecule has 1 aliphatic rings. The van der Waals surface area contributed by atoms with Crippen LogP contribution in [0.15, 0.2) is 78.9 Å². The summed E-state index contributed by atoms with van der Waals surface area (Å²) in [6, 6.07) is 23.3. The largest absolute Gasteiger partial charge is 0.491 e. The Bertz CT molecular complexity index is 1010. The number of carbonyl (C=O) groups is 1. The molecule has 4 nitrogen and oxygen atoms in total. The molecule has 0 radical (unpaired) electrons. The molecule has 0 unspecified atom stereocenters. The zero-order valence-corrected chi connectivity index (χ0v) is 16.4. The maximum absolute atomic E-state index is 9.60. The summed E-state index contributed by atoms with van der Waals surface area (Å²) in [7, 11) is 0. The Hall–Kier alpha value is -3.37. The van der Waals surface area contributed by atoms with Gasteiger partial charge in [0.25, 0.3) is 0 Å². The van der Waals surface area contributed by atoms with E-state index in [0.717, 1.165) is 12.2 Å². The lowest BCUT2D eigenvalue weighted by Crippen LogP contribution is -2.01. The summed E-state index contributed by atoms with van der Waals surface area (Å²) >= 11 is 0. The van der Waals surface area contributed by atoms with Gasteiger partial charge >= 0.3 is 5.97 Å². The van der Waals surface area contributed by atoms with Gasteiger partial charge in [-0.25, -0.2) is 4.79 Å². The van der Waals surface area contributed by atoms with E-state index >= 15 is 0 Å². The van der Waals surface area contributed by atoms with Crippen LogP contribution < -0.4 is 4.74 Å². The van der Waals surface area contributed by atoms with E-state index in [1.54, 1.807) is 0 Å². The Balaban J connectivity index is 0.000000353. The second kappa shape index (κ2) is 9.22. The normalized spacial score (nSPS) is 11.0. The van der Waals surface area contributed by atoms with Gasteiger partial charge in [0, 0.05) is 5.57 Å². The zero-order valence-electron chi connectivity index (χ0n) is 16.4. The van der Waals surface area contributed by atoms with E-state index in [1.807, 2.05) is 12.1 Å². The van der Waals surface area contributed by atoms with Gasteiger partial charge in [0.2, 0.25) is 0 Å². The molecule has 0 fully saturated rings. The Labute approximate surface area is 170 Å². The molecule has 0 heterocycles. The van der Waals surface area contributed by atoms with Gasteiger partial charge in [-0.1, -0.05) is 61.2 Å². The van der Waals surface area contributed by atoms with Crippen LogP contribution in [-0.4, -0.2) is 29.4 Å². The van der Waals surface area contributed by atoms with Crippen LogP contribution in [0, 0.1) is 0 Å². The average Bonchev–Trinajstić information content (AvgIpc) is 3.12. The lowest BCUT2D eigenvalue weighted by atomic mass is 9.96. The van der Waals surface area contributed by atoms with Crippen molar-refractivity contribution in [3.05, 3.63) is 90.0 Å². The smallest absolute Gasteiger partial charge is 0.330 e. The fourth-order valence-corrected chi connectivity index (χ4v) is 3.32. The monoisotopic (exact) mass is 388 g/mol. The fraction of sp³-hybridized carbons (Fsp3) is 0.160. The second-order valence-electron chi connectivity index (χ2n) is 6.85. The van der Waals surface area contributed by atoms with Crippen LogP contribution in [0.1, 0.15) is 18.1 Å². The molecule has 0 amide bonds. The second-order valence-corrected chi connectivity index (χ2v) is 6.85.